The molecular formula is C13H23KOS. The SMILES string of the molecule is CC.CCC.COc1cc([S-])ccc1C.[K+]. The van der Waals surface area contributed by atoms with Crippen molar-refractivity contribution in [1.82, 2.24) is 0 Å². The molecule has 16 heavy (non-hydrogen) atoms. The van der Waals surface area contributed by atoms with Gasteiger partial charge in [-0.1, -0.05) is 46.2 Å². The van der Waals surface area contributed by atoms with Crippen molar-refractivity contribution in [3.8, 4) is 5.75 Å². The summed E-state index contributed by atoms with van der Waals surface area (Å²) in [5.41, 5.74) is 1.12. The van der Waals surface area contributed by atoms with Gasteiger partial charge in [0.25, 0.3) is 0 Å². The summed E-state index contributed by atoms with van der Waals surface area (Å²) in [7, 11) is 1.65. The molecule has 0 aliphatic carbocycles. The zero-order chi connectivity index (χ0) is 12.3. The van der Waals surface area contributed by atoms with Gasteiger partial charge in [-0.3, -0.25) is 0 Å². The van der Waals surface area contributed by atoms with Crippen LogP contribution in [0.15, 0.2) is 23.1 Å². The molecule has 0 spiro atoms. The van der Waals surface area contributed by atoms with Crippen molar-refractivity contribution in [1.29, 1.82) is 0 Å². The first-order chi connectivity index (χ1) is 7.15. The molecule has 1 nitrogen and oxygen atoms in total. The van der Waals surface area contributed by atoms with Crippen molar-refractivity contribution >= 4 is 12.6 Å². The van der Waals surface area contributed by atoms with Gasteiger partial charge in [-0.15, -0.1) is 0 Å². The van der Waals surface area contributed by atoms with Crippen LogP contribution in [0.4, 0.5) is 0 Å². The molecule has 1 aromatic carbocycles. The molecule has 0 atom stereocenters. The van der Waals surface area contributed by atoms with Gasteiger partial charge in [-0.25, -0.2) is 0 Å². The fourth-order valence-electron chi connectivity index (χ4n) is 0.800. The van der Waals surface area contributed by atoms with E-state index in [2.05, 4.69) is 13.8 Å². The van der Waals surface area contributed by atoms with Crippen LogP contribution in [-0.2, 0) is 12.6 Å². The van der Waals surface area contributed by atoms with Crippen molar-refractivity contribution in [3.63, 3.8) is 0 Å². The van der Waals surface area contributed by atoms with Crippen LogP contribution in [-0.4, -0.2) is 7.11 Å². The summed E-state index contributed by atoms with van der Waals surface area (Å²) in [6.07, 6.45) is 1.25. The van der Waals surface area contributed by atoms with Crippen LogP contribution in [0.25, 0.3) is 0 Å². The zero-order valence-electron chi connectivity index (χ0n) is 11.8. The zero-order valence-corrected chi connectivity index (χ0v) is 15.7. The van der Waals surface area contributed by atoms with Gasteiger partial charge >= 0.3 is 51.4 Å². The Bertz CT molecular complexity index is 252. The maximum absolute atomic E-state index is 5.06. The van der Waals surface area contributed by atoms with Gasteiger partial charge in [-0.2, -0.15) is 4.90 Å². The first-order valence-corrected chi connectivity index (χ1v) is 5.88. The second kappa shape index (κ2) is 15.9. The standard InChI is InChI=1S/C8H10OS.C3H8.C2H6.K/c1-6-3-4-7(10)5-8(6)9-2;1-3-2;1-2;/h3-5,10H,1-2H3;3H2,1-2H3;1-2H3;/q;;;+1/p-1. The number of ether oxygens (including phenoxy) is 1. The van der Waals surface area contributed by atoms with Gasteiger partial charge in [0.15, 0.2) is 0 Å². The van der Waals surface area contributed by atoms with Crippen LogP contribution in [0.3, 0.4) is 0 Å². The number of benzene rings is 1. The second-order valence-corrected chi connectivity index (χ2v) is 3.31. The van der Waals surface area contributed by atoms with Crippen molar-refractivity contribution in [2.75, 3.05) is 7.11 Å². The number of hydrogen-bond acceptors (Lipinski definition) is 2. The van der Waals surface area contributed by atoms with Gasteiger partial charge in [0.1, 0.15) is 5.75 Å². The van der Waals surface area contributed by atoms with Gasteiger partial charge < -0.3 is 17.4 Å². The minimum atomic E-state index is 0. The summed E-state index contributed by atoms with van der Waals surface area (Å²) in [5.74, 6) is 0.868. The van der Waals surface area contributed by atoms with E-state index < -0.39 is 0 Å². The maximum Gasteiger partial charge on any atom is 1.00 e. The van der Waals surface area contributed by atoms with Crippen LogP contribution in [0, 0.1) is 6.92 Å². The summed E-state index contributed by atoms with van der Waals surface area (Å²) in [4.78, 5) is 0.822. The van der Waals surface area contributed by atoms with Crippen LogP contribution >= 0.6 is 0 Å². The van der Waals surface area contributed by atoms with E-state index in [4.69, 9.17) is 17.4 Å². The average Bonchev–Trinajstić information content (AvgIpc) is 2.26. The predicted molar refractivity (Wildman–Crippen MR) is 70.7 cm³/mol. The largest absolute Gasteiger partial charge is 1.00 e. The fourth-order valence-corrected chi connectivity index (χ4v) is 0.975. The molecule has 88 valence electrons. The minimum Gasteiger partial charge on any atom is -0.780 e. The van der Waals surface area contributed by atoms with Crippen LogP contribution in [0.1, 0.15) is 39.7 Å². The maximum atomic E-state index is 5.06. The molecular weight excluding hydrogens is 243 g/mol. The summed E-state index contributed by atoms with van der Waals surface area (Å²) >= 11 is 4.95. The quantitative estimate of drug-likeness (QED) is 0.561. The van der Waals surface area contributed by atoms with Crippen molar-refractivity contribution < 1.29 is 56.1 Å². The Morgan fingerprint density at radius 2 is 1.62 bits per heavy atom. The molecule has 0 saturated carbocycles. The number of rotatable bonds is 1. The third kappa shape index (κ3) is 11.4. The molecule has 0 unspecified atom stereocenters. The molecule has 0 aliphatic rings. The first-order valence-electron chi connectivity index (χ1n) is 5.47. The molecule has 0 radical (unpaired) electrons. The molecule has 1 rings (SSSR count). The molecule has 0 amide bonds. The Hall–Kier alpha value is 0.876. The van der Waals surface area contributed by atoms with Crippen LogP contribution in [0.5, 0.6) is 5.75 Å². The molecule has 0 bridgehead atoms. The topological polar surface area (TPSA) is 9.23 Å². The molecule has 0 heterocycles. The monoisotopic (exact) mass is 266 g/mol. The minimum absolute atomic E-state index is 0. The fraction of sp³-hybridized carbons (Fsp3) is 0.538. The summed E-state index contributed by atoms with van der Waals surface area (Å²) in [5, 5.41) is 0. The molecule has 1 aromatic rings. The van der Waals surface area contributed by atoms with Crippen LogP contribution in [0.2, 0.25) is 0 Å². The second-order valence-electron chi connectivity index (χ2n) is 2.84. The van der Waals surface area contributed by atoms with E-state index in [1.807, 2.05) is 39.0 Å². The van der Waals surface area contributed by atoms with E-state index >= 15 is 0 Å². The van der Waals surface area contributed by atoms with E-state index in [0.29, 0.717) is 0 Å². The molecule has 0 aromatic heterocycles. The molecule has 0 N–H and O–H groups in total. The Morgan fingerprint density at radius 3 is 1.94 bits per heavy atom. The summed E-state index contributed by atoms with van der Waals surface area (Å²) < 4.78 is 5.06. The Balaban J connectivity index is -0.000000246. The number of methoxy groups -OCH3 is 1. The van der Waals surface area contributed by atoms with Gasteiger partial charge in [0, 0.05) is 0 Å². The van der Waals surface area contributed by atoms with E-state index in [-0.39, 0.29) is 51.4 Å². The van der Waals surface area contributed by atoms with Crippen LogP contribution < -0.4 is 56.1 Å². The molecule has 0 fully saturated rings. The van der Waals surface area contributed by atoms with Crippen molar-refractivity contribution in [2.45, 2.75) is 45.9 Å². The van der Waals surface area contributed by atoms with Crippen molar-refractivity contribution in [3.05, 3.63) is 23.8 Å². The third-order valence-electron chi connectivity index (χ3n) is 1.38. The molecule has 0 saturated heterocycles. The Labute approximate surface area is 149 Å². The smallest absolute Gasteiger partial charge is 0.780 e. The summed E-state index contributed by atoms with van der Waals surface area (Å²) in [6.45, 7) is 10.2. The number of aryl methyl sites for hydroxylation is 1. The Kier molecular flexibility index (Phi) is 21.9. The first kappa shape index (κ1) is 22.1. The summed E-state index contributed by atoms with van der Waals surface area (Å²) in [6, 6.07) is 5.71. The van der Waals surface area contributed by atoms with E-state index in [9.17, 15) is 0 Å². The van der Waals surface area contributed by atoms with E-state index in [1.165, 1.54) is 6.42 Å². The Morgan fingerprint density at radius 1 is 1.19 bits per heavy atom. The molecule has 0 aliphatic heterocycles. The van der Waals surface area contributed by atoms with Gasteiger partial charge in [0.2, 0.25) is 0 Å². The van der Waals surface area contributed by atoms with Crippen molar-refractivity contribution in [2.24, 2.45) is 0 Å². The molecule has 3 heteroatoms. The predicted octanol–water partition coefficient (Wildman–Crippen LogP) is 1.36. The number of hydrogen-bond donors (Lipinski definition) is 0. The van der Waals surface area contributed by atoms with Gasteiger partial charge in [0.05, 0.1) is 7.11 Å². The van der Waals surface area contributed by atoms with E-state index in [1.54, 1.807) is 7.11 Å². The normalized spacial score (nSPS) is 7.38. The van der Waals surface area contributed by atoms with E-state index in [0.717, 1.165) is 16.2 Å². The third-order valence-corrected chi connectivity index (χ3v) is 1.63. The average molecular weight is 266 g/mol. The van der Waals surface area contributed by atoms with Gasteiger partial charge in [-0.05, 0) is 18.6 Å².